The van der Waals surface area contributed by atoms with Crippen molar-refractivity contribution in [2.45, 2.75) is 83.7 Å². The van der Waals surface area contributed by atoms with Crippen molar-refractivity contribution in [3.8, 4) is 0 Å². The highest BCUT2D eigenvalue weighted by atomic mass is 15.2. The molecule has 1 N–H and O–H groups in total. The van der Waals surface area contributed by atoms with Gasteiger partial charge in [-0.3, -0.25) is 0 Å². The van der Waals surface area contributed by atoms with E-state index in [-0.39, 0.29) is 5.54 Å². The molecule has 0 aromatic carbocycles. The Morgan fingerprint density at radius 1 is 1.15 bits per heavy atom. The molecule has 0 spiro atoms. The summed E-state index contributed by atoms with van der Waals surface area (Å²) in [5.41, 5.74) is 1.93. The minimum absolute atomic E-state index is 0.255. The predicted octanol–water partition coefficient (Wildman–Crippen LogP) is 4.37. The maximum Gasteiger partial charge on any atom is 0.0466 e. The number of rotatable bonds is 8. The molecule has 1 aliphatic rings. The van der Waals surface area contributed by atoms with Crippen LogP contribution in [0, 0.1) is 0 Å². The fourth-order valence-electron chi connectivity index (χ4n) is 3.81. The zero-order valence-electron chi connectivity index (χ0n) is 14.5. The summed E-state index contributed by atoms with van der Waals surface area (Å²) in [4.78, 5) is 2.46. The minimum atomic E-state index is 0.255. The Labute approximate surface area is 127 Å². The van der Waals surface area contributed by atoms with Gasteiger partial charge in [-0.15, -0.1) is 0 Å². The molecule has 0 fully saturated rings. The van der Waals surface area contributed by atoms with Crippen LogP contribution >= 0.6 is 0 Å². The standard InChI is InChI=1S/C18H36N2/c1-6-15-19-17(16-13-11-9-10-12-14-16)18(7-2,8-3)20(4)5/h13,17,19H,6-12,14-15H2,1-5H3. The van der Waals surface area contributed by atoms with E-state index in [1.807, 2.05) is 0 Å². The van der Waals surface area contributed by atoms with E-state index in [1.165, 1.54) is 51.4 Å². The zero-order chi connectivity index (χ0) is 15.0. The van der Waals surface area contributed by atoms with Gasteiger partial charge in [0.15, 0.2) is 0 Å². The van der Waals surface area contributed by atoms with Crippen LogP contribution in [0.3, 0.4) is 0 Å². The lowest BCUT2D eigenvalue weighted by Gasteiger charge is -2.46. The summed E-state index contributed by atoms with van der Waals surface area (Å²) >= 11 is 0. The first-order chi connectivity index (χ1) is 9.62. The molecule has 0 radical (unpaired) electrons. The monoisotopic (exact) mass is 280 g/mol. The molecule has 0 bridgehead atoms. The van der Waals surface area contributed by atoms with Gasteiger partial charge in [0.05, 0.1) is 0 Å². The van der Waals surface area contributed by atoms with Gasteiger partial charge in [-0.1, -0.05) is 38.8 Å². The zero-order valence-corrected chi connectivity index (χ0v) is 14.5. The van der Waals surface area contributed by atoms with Crippen molar-refractivity contribution in [3.63, 3.8) is 0 Å². The number of likely N-dealkylation sites (N-methyl/N-ethyl adjacent to an activating group) is 1. The summed E-state index contributed by atoms with van der Waals surface area (Å²) < 4.78 is 0. The van der Waals surface area contributed by atoms with Crippen molar-refractivity contribution < 1.29 is 0 Å². The Morgan fingerprint density at radius 2 is 1.85 bits per heavy atom. The first kappa shape index (κ1) is 17.7. The van der Waals surface area contributed by atoms with Crippen LogP contribution < -0.4 is 5.32 Å². The largest absolute Gasteiger partial charge is 0.309 e. The van der Waals surface area contributed by atoms with E-state index in [9.17, 15) is 0 Å². The Morgan fingerprint density at radius 3 is 2.40 bits per heavy atom. The van der Waals surface area contributed by atoms with Crippen LogP contribution in [0.15, 0.2) is 11.6 Å². The van der Waals surface area contributed by atoms with E-state index >= 15 is 0 Å². The molecule has 0 aromatic rings. The van der Waals surface area contributed by atoms with Gasteiger partial charge >= 0.3 is 0 Å². The summed E-state index contributed by atoms with van der Waals surface area (Å²) in [6.45, 7) is 8.08. The number of nitrogens with one attached hydrogen (secondary N) is 1. The SMILES string of the molecule is CCCNC(C1=CCCCCC1)C(CC)(CC)N(C)C. The molecule has 0 heterocycles. The van der Waals surface area contributed by atoms with Gasteiger partial charge in [-0.05, 0) is 65.6 Å². The number of hydrogen-bond donors (Lipinski definition) is 1. The molecule has 118 valence electrons. The Balaban J connectivity index is 3.04. The van der Waals surface area contributed by atoms with Crippen LogP contribution in [0.25, 0.3) is 0 Å². The Hall–Kier alpha value is -0.340. The van der Waals surface area contributed by atoms with E-state index in [0.29, 0.717) is 6.04 Å². The molecule has 0 saturated heterocycles. The van der Waals surface area contributed by atoms with Gasteiger partial charge < -0.3 is 10.2 Å². The molecular formula is C18H36N2. The van der Waals surface area contributed by atoms with Crippen LogP contribution in [0.1, 0.15) is 72.1 Å². The third kappa shape index (κ3) is 4.08. The molecule has 1 aliphatic carbocycles. The fourth-order valence-corrected chi connectivity index (χ4v) is 3.81. The molecular weight excluding hydrogens is 244 g/mol. The molecule has 1 atom stereocenters. The predicted molar refractivity (Wildman–Crippen MR) is 90.2 cm³/mol. The summed E-state index contributed by atoms with van der Waals surface area (Å²) in [5.74, 6) is 0. The van der Waals surface area contributed by atoms with Crippen LogP contribution in [0.2, 0.25) is 0 Å². The summed E-state index contributed by atoms with van der Waals surface area (Å²) in [6, 6.07) is 0.519. The average molecular weight is 280 g/mol. The van der Waals surface area contributed by atoms with Gasteiger partial charge in [0.2, 0.25) is 0 Å². The summed E-state index contributed by atoms with van der Waals surface area (Å²) in [7, 11) is 4.51. The number of allylic oxidation sites excluding steroid dienone is 1. The topological polar surface area (TPSA) is 15.3 Å². The fraction of sp³-hybridized carbons (Fsp3) is 0.889. The van der Waals surface area contributed by atoms with Crippen molar-refractivity contribution in [1.29, 1.82) is 0 Å². The Bertz CT molecular complexity index is 290. The average Bonchev–Trinajstić information content (AvgIpc) is 2.72. The second-order valence-corrected chi connectivity index (χ2v) is 6.47. The van der Waals surface area contributed by atoms with Gasteiger partial charge in [-0.25, -0.2) is 0 Å². The summed E-state index contributed by atoms with van der Waals surface area (Å²) in [6.07, 6.45) is 12.9. The summed E-state index contributed by atoms with van der Waals surface area (Å²) in [5, 5.41) is 3.88. The van der Waals surface area contributed by atoms with E-state index in [0.717, 1.165) is 6.54 Å². The molecule has 2 heteroatoms. The lowest BCUT2D eigenvalue weighted by Crippen LogP contribution is -2.59. The smallest absolute Gasteiger partial charge is 0.0466 e. The van der Waals surface area contributed by atoms with E-state index < -0.39 is 0 Å². The molecule has 2 nitrogen and oxygen atoms in total. The van der Waals surface area contributed by atoms with Gasteiger partial charge in [0.1, 0.15) is 0 Å². The van der Waals surface area contributed by atoms with Crippen molar-refractivity contribution in [2.75, 3.05) is 20.6 Å². The maximum atomic E-state index is 3.88. The van der Waals surface area contributed by atoms with E-state index in [1.54, 1.807) is 5.57 Å². The second-order valence-electron chi connectivity index (χ2n) is 6.47. The van der Waals surface area contributed by atoms with Crippen molar-refractivity contribution >= 4 is 0 Å². The third-order valence-electron chi connectivity index (χ3n) is 5.20. The first-order valence-corrected chi connectivity index (χ1v) is 8.72. The van der Waals surface area contributed by atoms with Crippen LogP contribution in [-0.2, 0) is 0 Å². The highest BCUT2D eigenvalue weighted by molar-refractivity contribution is 5.20. The molecule has 20 heavy (non-hydrogen) atoms. The molecule has 0 saturated carbocycles. The van der Waals surface area contributed by atoms with Gasteiger partial charge in [0, 0.05) is 11.6 Å². The van der Waals surface area contributed by atoms with Crippen molar-refractivity contribution in [2.24, 2.45) is 0 Å². The Kier molecular flexibility index (Phi) is 7.83. The highest BCUT2D eigenvalue weighted by Gasteiger charge is 2.39. The first-order valence-electron chi connectivity index (χ1n) is 8.72. The number of nitrogens with zero attached hydrogens (tertiary/aromatic N) is 1. The lowest BCUT2D eigenvalue weighted by molar-refractivity contribution is 0.101. The van der Waals surface area contributed by atoms with Crippen LogP contribution in [0.5, 0.6) is 0 Å². The van der Waals surface area contributed by atoms with Crippen molar-refractivity contribution in [1.82, 2.24) is 10.2 Å². The molecule has 0 aromatic heterocycles. The molecule has 1 unspecified atom stereocenters. The molecule has 0 amide bonds. The normalized spacial score (nSPS) is 18.8. The van der Waals surface area contributed by atoms with Crippen molar-refractivity contribution in [3.05, 3.63) is 11.6 Å². The van der Waals surface area contributed by atoms with Gasteiger partial charge in [-0.2, -0.15) is 0 Å². The molecule has 0 aliphatic heterocycles. The maximum absolute atomic E-state index is 3.88. The van der Waals surface area contributed by atoms with Crippen LogP contribution in [0.4, 0.5) is 0 Å². The second kappa shape index (κ2) is 8.84. The van der Waals surface area contributed by atoms with Gasteiger partial charge in [0.25, 0.3) is 0 Å². The molecule has 1 rings (SSSR count). The van der Waals surface area contributed by atoms with E-state index in [2.05, 4.69) is 51.2 Å². The van der Waals surface area contributed by atoms with Crippen LogP contribution in [-0.4, -0.2) is 37.1 Å². The lowest BCUT2D eigenvalue weighted by atomic mass is 9.78. The third-order valence-corrected chi connectivity index (χ3v) is 5.20. The highest BCUT2D eigenvalue weighted by Crippen LogP contribution is 2.33. The number of hydrogen-bond acceptors (Lipinski definition) is 2. The minimum Gasteiger partial charge on any atom is -0.309 e. The quantitative estimate of drug-likeness (QED) is 0.664. The van der Waals surface area contributed by atoms with E-state index in [4.69, 9.17) is 0 Å².